The molecular weight excluding hydrogens is 161 g/mol. The van der Waals surface area contributed by atoms with Gasteiger partial charge in [0.25, 0.3) is 5.81 Å². The molecule has 0 aliphatic heterocycles. The Kier molecular flexibility index (Phi) is 5.70. The van der Waals surface area contributed by atoms with Gasteiger partial charge in [0.2, 0.25) is 0 Å². The fraction of sp³-hybridized carbons (Fsp3) is 0.833. The average Bonchev–Trinajstić information content (AvgIpc) is 2.05. The maximum atomic E-state index is 11.0. The van der Waals surface area contributed by atoms with Crippen LogP contribution >= 0.6 is 0 Å². The molecule has 0 atom stereocenters. The first-order chi connectivity index (χ1) is 5.63. The van der Waals surface area contributed by atoms with Crippen molar-refractivity contribution in [2.45, 2.75) is 6.92 Å². The van der Waals surface area contributed by atoms with Crippen LogP contribution in [0.2, 0.25) is 0 Å². The second-order valence-electron chi connectivity index (χ2n) is 2.28. The lowest BCUT2D eigenvalue weighted by Crippen LogP contribution is -2.42. The molecule has 6 heteroatoms. The van der Waals surface area contributed by atoms with Crippen LogP contribution < -0.4 is 0 Å². The SMILES string of the molecule is CCN(CCOC)C(=O)B(O)O. The van der Waals surface area contributed by atoms with Crippen molar-refractivity contribution in [1.29, 1.82) is 0 Å². The summed E-state index contributed by atoms with van der Waals surface area (Å²) in [5.41, 5.74) is 0. The summed E-state index contributed by atoms with van der Waals surface area (Å²) < 4.78 is 4.75. The van der Waals surface area contributed by atoms with Crippen LogP contribution in [0.1, 0.15) is 6.92 Å². The van der Waals surface area contributed by atoms with Gasteiger partial charge in [-0.1, -0.05) is 0 Å². The predicted molar refractivity (Wildman–Crippen MR) is 44.7 cm³/mol. The predicted octanol–water partition coefficient (Wildman–Crippen LogP) is -0.871. The molecule has 0 fully saturated rings. The van der Waals surface area contributed by atoms with Crippen molar-refractivity contribution >= 4 is 12.9 Å². The summed E-state index contributed by atoms with van der Waals surface area (Å²) in [5, 5.41) is 17.1. The van der Waals surface area contributed by atoms with E-state index in [1.807, 2.05) is 0 Å². The minimum Gasteiger partial charge on any atom is -0.420 e. The van der Waals surface area contributed by atoms with Crippen LogP contribution in [-0.2, 0) is 4.74 Å². The summed E-state index contributed by atoms with van der Waals surface area (Å²) in [6, 6.07) is 0. The van der Waals surface area contributed by atoms with E-state index in [-0.39, 0.29) is 0 Å². The van der Waals surface area contributed by atoms with Gasteiger partial charge in [-0.2, -0.15) is 0 Å². The molecule has 12 heavy (non-hydrogen) atoms. The largest absolute Gasteiger partial charge is 0.552 e. The van der Waals surface area contributed by atoms with Crippen LogP contribution in [-0.4, -0.2) is 54.7 Å². The van der Waals surface area contributed by atoms with E-state index in [1.54, 1.807) is 6.92 Å². The van der Waals surface area contributed by atoms with Gasteiger partial charge in [0.05, 0.1) is 6.61 Å². The van der Waals surface area contributed by atoms with E-state index in [4.69, 9.17) is 14.8 Å². The van der Waals surface area contributed by atoms with Crippen molar-refractivity contribution in [3.05, 3.63) is 0 Å². The van der Waals surface area contributed by atoms with E-state index in [1.165, 1.54) is 12.0 Å². The number of hydrogen-bond acceptors (Lipinski definition) is 4. The highest BCUT2D eigenvalue weighted by Crippen LogP contribution is 1.92. The number of amides is 1. The Bertz CT molecular complexity index is 142. The lowest BCUT2D eigenvalue weighted by atomic mass is 9.89. The topological polar surface area (TPSA) is 70.0 Å². The molecule has 70 valence electrons. The monoisotopic (exact) mass is 175 g/mol. The smallest absolute Gasteiger partial charge is 0.420 e. The highest BCUT2D eigenvalue weighted by molar-refractivity contribution is 6.78. The third kappa shape index (κ3) is 3.70. The maximum absolute atomic E-state index is 11.0. The van der Waals surface area contributed by atoms with Crippen LogP contribution in [0.25, 0.3) is 0 Å². The number of carbonyl (C=O) groups is 1. The Labute approximate surface area is 72.1 Å². The van der Waals surface area contributed by atoms with Crippen molar-refractivity contribution in [3.63, 3.8) is 0 Å². The highest BCUT2D eigenvalue weighted by atomic mass is 16.5. The summed E-state index contributed by atoms with van der Waals surface area (Å²) in [5.74, 6) is -0.686. The van der Waals surface area contributed by atoms with E-state index in [0.717, 1.165) is 0 Å². The molecule has 0 heterocycles. The molecule has 0 aliphatic carbocycles. The first kappa shape index (κ1) is 11.4. The fourth-order valence-corrected chi connectivity index (χ4v) is 0.789. The van der Waals surface area contributed by atoms with Crippen molar-refractivity contribution in [1.82, 2.24) is 4.90 Å². The molecule has 0 saturated carbocycles. The van der Waals surface area contributed by atoms with Crippen molar-refractivity contribution in [2.75, 3.05) is 26.8 Å². The van der Waals surface area contributed by atoms with Crippen LogP contribution in [0.4, 0.5) is 4.79 Å². The van der Waals surface area contributed by atoms with Crippen LogP contribution in [0.3, 0.4) is 0 Å². The zero-order valence-electron chi connectivity index (χ0n) is 7.36. The zero-order chi connectivity index (χ0) is 9.56. The summed E-state index contributed by atoms with van der Waals surface area (Å²) in [7, 11) is -0.393. The summed E-state index contributed by atoms with van der Waals surface area (Å²) >= 11 is 0. The molecular formula is C6H14BNO4. The molecule has 5 nitrogen and oxygen atoms in total. The van der Waals surface area contributed by atoms with Gasteiger partial charge in [-0.15, -0.1) is 0 Å². The molecule has 0 aromatic rings. The molecule has 0 aromatic heterocycles. The molecule has 0 radical (unpaired) electrons. The number of ether oxygens (including phenoxy) is 1. The van der Waals surface area contributed by atoms with E-state index in [0.29, 0.717) is 19.7 Å². The molecule has 0 unspecified atom stereocenters. The van der Waals surface area contributed by atoms with Gasteiger partial charge < -0.3 is 19.7 Å². The Hall–Kier alpha value is -0.585. The van der Waals surface area contributed by atoms with Gasteiger partial charge in [0.1, 0.15) is 0 Å². The number of rotatable bonds is 5. The van der Waals surface area contributed by atoms with Gasteiger partial charge in [-0.25, -0.2) is 0 Å². The first-order valence-electron chi connectivity index (χ1n) is 3.77. The number of nitrogens with zero attached hydrogens (tertiary/aromatic N) is 1. The minimum absolute atomic E-state index is 0.378. The molecule has 1 amide bonds. The molecule has 2 N–H and O–H groups in total. The Morgan fingerprint density at radius 2 is 2.17 bits per heavy atom. The molecule has 0 aromatic carbocycles. The number of carbonyl (C=O) groups excluding carboxylic acids is 1. The second-order valence-corrected chi connectivity index (χ2v) is 2.28. The summed E-state index contributed by atoms with van der Waals surface area (Å²) in [4.78, 5) is 12.3. The van der Waals surface area contributed by atoms with Gasteiger partial charge in [0.15, 0.2) is 0 Å². The molecule has 0 bridgehead atoms. The normalized spacial score (nSPS) is 9.67. The van der Waals surface area contributed by atoms with Crippen molar-refractivity contribution in [2.24, 2.45) is 0 Å². The van der Waals surface area contributed by atoms with Crippen molar-refractivity contribution in [3.8, 4) is 0 Å². The van der Waals surface area contributed by atoms with Gasteiger partial charge in [-0.3, -0.25) is 4.79 Å². The lowest BCUT2D eigenvalue weighted by Gasteiger charge is -2.19. The molecule has 0 aliphatic rings. The van der Waals surface area contributed by atoms with E-state index in [9.17, 15) is 4.79 Å². The summed E-state index contributed by atoms with van der Waals surface area (Å²) in [6.07, 6.45) is 0. The number of methoxy groups -OCH3 is 1. The summed E-state index contributed by atoms with van der Waals surface area (Å²) in [6.45, 7) is 2.98. The average molecular weight is 175 g/mol. The van der Waals surface area contributed by atoms with Crippen LogP contribution in [0.15, 0.2) is 0 Å². The van der Waals surface area contributed by atoms with E-state index >= 15 is 0 Å². The molecule has 0 saturated heterocycles. The fourth-order valence-electron chi connectivity index (χ4n) is 0.789. The number of hydrogen-bond donors (Lipinski definition) is 2. The second kappa shape index (κ2) is 5.99. The van der Waals surface area contributed by atoms with Gasteiger partial charge in [0, 0.05) is 20.2 Å². The highest BCUT2D eigenvalue weighted by Gasteiger charge is 2.24. The van der Waals surface area contributed by atoms with Gasteiger partial charge >= 0.3 is 7.12 Å². The Morgan fingerprint density at radius 1 is 1.58 bits per heavy atom. The van der Waals surface area contributed by atoms with Crippen LogP contribution in [0, 0.1) is 0 Å². The lowest BCUT2D eigenvalue weighted by molar-refractivity contribution is 0.157. The molecule has 0 rings (SSSR count). The van der Waals surface area contributed by atoms with Gasteiger partial charge in [-0.05, 0) is 6.92 Å². The zero-order valence-corrected chi connectivity index (χ0v) is 7.36. The standard InChI is InChI=1S/C6H14BNO4/c1-3-8(4-5-12-2)6(9)7(10)11/h10-11H,3-5H2,1-2H3. The first-order valence-corrected chi connectivity index (χ1v) is 3.77. The quantitative estimate of drug-likeness (QED) is 0.532. The van der Waals surface area contributed by atoms with E-state index in [2.05, 4.69) is 0 Å². The van der Waals surface area contributed by atoms with E-state index < -0.39 is 12.9 Å². The number of likely N-dealkylation sites (N-methyl/N-ethyl adjacent to an activating group) is 1. The van der Waals surface area contributed by atoms with Crippen LogP contribution in [0.5, 0.6) is 0 Å². The maximum Gasteiger partial charge on any atom is 0.552 e. The minimum atomic E-state index is -1.91. The third-order valence-corrected chi connectivity index (χ3v) is 1.48. The third-order valence-electron chi connectivity index (χ3n) is 1.48. The Balaban J connectivity index is 3.88. The Morgan fingerprint density at radius 3 is 2.50 bits per heavy atom. The molecule has 0 spiro atoms. The van der Waals surface area contributed by atoms with Crippen molar-refractivity contribution < 1.29 is 19.6 Å².